The van der Waals surface area contributed by atoms with Crippen LogP contribution in [0, 0.1) is 5.92 Å². The number of thiazole rings is 1. The fourth-order valence-electron chi connectivity index (χ4n) is 2.25. The monoisotopic (exact) mass is 404 g/mol. The van der Waals surface area contributed by atoms with Crippen molar-refractivity contribution < 1.29 is 4.79 Å². The van der Waals surface area contributed by atoms with Crippen molar-refractivity contribution in [2.24, 2.45) is 11.7 Å². The van der Waals surface area contributed by atoms with E-state index in [-0.39, 0.29) is 18.3 Å². The van der Waals surface area contributed by atoms with Crippen LogP contribution in [-0.4, -0.2) is 38.5 Å². The molecule has 140 valence electrons. The van der Waals surface area contributed by atoms with Gasteiger partial charge in [-0.1, -0.05) is 25.6 Å². The Morgan fingerprint density at radius 1 is 1.44 bits per heavy atom. The van der Waals surface area contributed by atoms with Gasteiger partial charge in [0.05, 0.1) is 0 Å². The summed E-state index contributed by atoms with van der Waals surface area (Å²) in [4.78, 5) is 16.2. The number of aryl methyl sites for hydroxylation is 1. The van der Waals surface area contributed by atoms with E-state index in [0.29, 0.717) is 24.7 Å². The average molecular weight is 405 g/mol. The van der Waals surface area contributed by atoms with Gasteiger partial charge in [0.25, 0.3) is 5.91 Å². The second kappa shape index (κ2) is 10.7. The van der Waals surface area contributed by atoms with Gasteiger partial charge in [0, 0.05) is 31.4 Å². The Balaban J connectivity index is 0.00000312. The molecule has 0 bridgehead atoms. The summed E-state index contributed by atoms with van der Waals surface area (Å²) in [5.41, 5.74) is 5.95. The molecule has 0 saturated carbocycles. The molecule has 7 nitrogen and oxygen atoms in total. The molecule has 0 aliphatic carbocycles. The number of hydrogen-bond donors (Lipinski definition) is 2. The molecule has 2 rings (SSSR count). The van der Waals surface area contributed by atoms with Crippen molar-refractivity contribution >= 4 is 41.4 Å². The minimum Gasteiger partial charge on any atom is -0.351 e. The van der Waals surface area contributed by atoms with Crippen molar-refractivity contribution in [1.82, 2.24) is 25.1 Å². The number of hydrogen-bond acceptors (Lipinski definition) is 7. The van der Waals surface area contributed by atoms with Gasteiger partial charge < -0.3 is 15.6 Å². The predicted octanol–water partition coefficient (Wildman–Crippen LogP) is 2.36. The Kier molecular flexibility index (Phi) is 9.41. The highest BCUT2D eigenvalue weighted by atomic mass is 35.5. The fourth-order valence-corrected chi connectivity index (χ4v) is 3.43. The van der Waals surface area contributed by atoms with E-state index >= 15 is 0 Å². The van der Waals surface area contributed by atoms with E-state index in [0.717, 1.165) is 35.4 Å². The third-order valence-electron chi connectivity index (χ3n) is 3.35. The first-order chi connectivity index (χ1) is 11.5. The first kappa shape index (κ1) is 21.9. The molecule has 10 heteroatoms. The van der Waals surface area contributed by atoms with Crippen LogP contribution in [0.5, 0.6) is 0 Å². The number of halogens is 1. The number of thioether (sulfide) groups is 1. The molecule has 2 heterocycles. The third kappa shape index (κ3) is 6.25. The summed E-state index contributed by atoms with van der Waals surface area (Å²) in [7, 11) is 0. The Morgan fingerprint density at radius 3 is 2.80 bits per heavy atom. The number of nitrogens with one attached hydrogen (secondary N) is 1. The average Bonchev–Trinajstić information content (AvgIpc) is 3.18. The third-order valence-corrected chi connectivity index (χ3v) is 4.88. The molecule has 0 spiro atoms. The number of rotatable bonds is 9. The molecule has 0 aliphatic rings. The van der Waals surface area contributed by atoms with Crippen LogP contribution in [0.4, 0.5) is 0 Å². The normalized spacial score (nSPS) is 10.8. The molecule has 3 N–H and O–H groups in total. The van der Waals surface area contributed by atoms with Gasteiger partial charge in [-0.3, -0.25) is 4.79 Å². The predicted molar refractivity (Wildman–Crippen MR) is 105 cm³/mol. The highest BCUT2D eigenvalue weighted by Gasteiger charge is 2.13. The maximum absolute atomic E-state index is 12.0. The highest BCUT2D eigenvalue weighted by Crippen LogP contribution is 2.16. The number of aromatic nitrogens is 4. The molecule has 1 amide bonds. The Morgan fingerprint density at radius 2 is 2.20 bits per heavy atom. The highest BCUT2D eigenvalue weighted by molar-refractivity contribution is 7.98. The molecule has 0 saturated heterocycles. The summed E-state index contributed by atoms with van der Waals surface area (Å²) in [6.45, 7) is 6.21. The fraction of sp³-hybridized carbons (Fsp3) is 0.600. The maximum atomic E-state index is 12.0. The zero-order valence-corrected chi connectivity index (χ0v) is 17.1. The molecule has 2 aromatic heterocycles. The maximum Gasteiger partial charge on any atom is 0.270 e. The van der Waals surface area contributed by atoms with Gasteiger partial charge in [-0.25, -0.2) is 4.98 Å². The summed E-state index contributed by atoms with van der Waals surface area (Å²) in [6.07, 6.45) is 3.60. The molecular weight excluding hydrogens is 380 g/mol. The van der Waals surface area contributed by atoms with Gasteiger partial charge >= 0.3 is 0 Å². The van der Waals surface area contributed by atoms with Gasteiger partial charge in [-0.15, -0.1) is 33.9 Å². The lowest BCUT2D eigenvalue weighted by molar-refractivity contribution is 0.0948. The van der Waals surface area contributed by atoms with Gasteiger partial charge in [0.2, 0.25) is 0 Å². The van der Waals surface area contributed by atoms with Crippen LogP contribution in [0.25, 0.3) is 0 Å². The minimum atomic E-state index is -0.153. The van der Waals surface area contributed by atoms with E-state index in [2.05, 4.69) is 38.9 Å². The van der Waals surface area contributed by atoms with Crippen LogP contribution in [-0.2, 0) is 19.5 Å². The number of nitrogens with two attached hydrogens (primary N) is 1. The van der Waals surface area contributed by atoms with Crippen LogP contribution in [0.1, 0.15) is 41.6 Å². The Hall–Kier alpha value is -1.16. The van der Waals surface area contributed by atoms with E-state index in [9.17, 15) is 4.79 Å². The van der Waals surface area contributed by atoms with Gasteiger partial charge in [-0.05, 0) is 18.6 Å². The van der Waals surface area contributed by atoms with Crippen molar-refractivity contribution in [1.29, 1.82) is 0 Å². The standard InChI is InChI=1S/C15H24N6OS2.ClH/c1-10(2)8-21-12(19-20-15(21)23-3)5-4-6-17-14(22)11-9-24-13(7-16)18-11;/h9-10H,4-8,16H2,1-3H3,(H,17,22);1H. The van der Waals surface area contributed by atoms with Gasteiger partial charge in [0.1, 0.15) is 16.5 Å². The van der Waals surface area contributed by atoms with Crippen molar-refractivity contribution in [2.75, 3.05) is 12.8 Å². The van der Waals surface area contributed by atoms with Crippen LogP contribution >= 0.6 is 35.5 Å². The van der Waals surface area contributed by atoms with Crippen LogP contribution < -0.4 is 11.1 Å². The molecular formula is C15H25ClN6OS2. The van der Waals surface area contributed by atoms with Gasteiger partial charge in [-0.2, -0.15) is 0 Å². The SMILES string of the molecule is CSc1nnc(CCCNC(=O)c2csc(CN)n2)n1CC(C)C.Cl. The number of nitrogens with zero attached hydrogens (tertiary/aromatic N) is 4. The Bertz CT molecular complexity index is 673. The first-order valence-electron chi connectivity index (χ1n) is 7.93. The number of carbonyl (C=O) groups excluding carboxylic acids is 1. The molecule has 0 unspecified atom stereocenters. The zero-order valence-electron chi connectivity index (χ0n) is 14.7. The van der Waals surface area contributed by atoms with Crippen LogP contribution in [0.2, 0.25) is 0 Å². The topological polar surface area (TPSA) is 98.7 Å². The van der Waals surface area contributed by atoms with Crippen LogP contribution in [0.15, 0.2) is 10.5 Å². The Labute approximate surface area is 162 Å². The molecule has 0 aliphatic heterocycles. The van der Waals surface area contributed by atoms with Crippen molar-refractivity contribution in [3.05, 3.63) is 21.9 Å². The second-order valence-electron chi connectivity index (χ2n) is 5.80. The summed E-state index contributed by atoms with van der Waals surface area (Å²) in [6, 6.07) is 0. The molecule has 2 aromatic rings. The second-order valence-corrected chi connectivity index (χ2v) is 7.51. The van der Waals surface area contributed by atoms with Crippen molar-refractivity contribution in [2.45, 2.75) is 44.9 Å². The van der Waals surface area contributed by atoms with E-state index in [1.54, 1.807) is 17.1 Å². The summed E-state index contributed by atoms with van der Waals surface area (Å²) < 4.78 is 2.17. The van der Waals surface area contributed by atoms with E-state index in [1.165, 1.54) is 11.3 Å². The van der Waals surface area contributed by atoms with Gasteiger partial charge in [0.15, 0.2) is 5.16 Å². The lowest BCUT2D eigenvalue weighted by Gasteiger charge is -2.11. The molecule has 0 aromatic carbocycles. The minimum absolute atomic E-state index is 0. The largest absolute Gasteiger partial charge is 0.351 e. The smallest absolute Gasteiger partial charge is 0.270 e. The lowest BCUT2D eigenvalue weighted by Crippen LogP contribution is -2.25. The zero-order chi connectivity index (χ0) is 17.5. The van der Waals surface area contributed by atoms with E-state index < -0.39 is 0 Å². The molecule has 25 heavy (non-hydrogen) atoms. The summed E-state index contributed by atoms with van der Waals surface area (Å²) in [5, 5.41) is 14.9. The quantitative estimate of drug-likeness (QED) is 0.491. The lowest BCUT2D eigenvalue weighted by atomic mass is 10.2. The van der Waals surface area contributed by atoms with Crippen molar-refractivity contribution in [3.63, 3.8) is 0 Å². The van der Waals surface area contributed by atoms with E-state index in [4.69, 9.17) is 5.73 Å². The summed E-state index contributed by atoms with van der Waals surface area (Å²) >= 11 is 3.01. The number of carbonyl (C=O) groups is 1. The van der Waals surface area contributed by atoms with E-state index in [1.807, 2.05) is 6.26 Å². The number of amides is 1. The molecule has 0 atom stereocenters. The molecule has 0 fully saturated rings. The van der Waals surface area contributed by atoms with Crippen LogP contribution in [0.3, 0.4) is 0 Å². The molecule has 0 radical (unpaired) electrons. The first-order valence-corrected chi connectivity index (χ1v) is 10.0. The van der Waals surface area contributed by atoms with Crippen molar-refractivity contribution in [3.8, 4) is 0 Å². The summed E-state index contributed by atoms with van der Waals surface area (Å²) in [5.74, 6) is 1.35.